The Kier molecular flexibility index (Phi) is 2.02. The maximum Gasteiger partial charge on any atom is 0.0983 e. The maximum absolute atomic E-state index is 9.11. The van der Waals surface area contributed by atoms with Crippen LogP contribution in [-0.4, -0.2) is 42.5 Å². The van der Waals surface area contributed by atoms with Gasteiger partial charge in [-0.2, -0.15) is 0 Å². The molecule has 0 amide bonds. The van der Waals surface area contributed by atoms with Crippen LogP contribution in [0.1, 0.15) is 0 Å². The van der Waals surface area contributed by atoms with E-state index in [2.05, 4.69) is 0 Å². The Balaban J connectivity index is 2.38. The van der Waals surface area contributed by atoms with Crippen molar-refractivity contribution in [2.24, 2.45) is 5.84 Å². The van der Waals surface area contributed by atoms with Crippen molar-refractivity contribution >= 4 is 0 Å². The van der Waals surface area contributed by atoms with Crippen LogP contribution in [0.2, 0.25) is 0 Å². The number of methoxy groups -OCH3 is 1. The average Bonchev–Trinajstić information content (AvgIpc) is 2.10. The molecular weight excluding hydrogens is 120 g/mol. The summed E-state index contributed by atoms with van der Waals surface area (Å²) in [6.07, 6.45) is -0.519. The zero-order valence-corrected chi connectivity index (χ0v) is 5.45. The summed E-state index contributed by atoms with van der Waals surface area (Å²) in [5.41, 5.74) is 0. The standard InChI is InChI=1S/C5H12N2O2/c1-9-5-3-7(6)2-4(5)8/h4-5,8H,2-3,6H2,1H3/t4-,5+/m1/s1. The van der Waals surface area contributed by atoms with Crippen LogP contribution in [0.15, 0.2) is 0 Å². The molecule has 0 saturated carbocycles. The van der Waals surface area contributed by atoms with Crippen molar-refractivity contribution in [2.45, 2.75) is 12.2 Å². The second-order valence-electron chi connectivity index (χ2n) is 2.30. The molecule has 0 spiro atoms. The molecule has 0 aromatic heterocycles. The van der Waals surface area contributed by atoms with Gasteiger partial charge in [0, 0.05) is 20.2 Å². The Morgan fingerprint density at radius 2 is 2.33 bits per heavy atom. The predicted octanol–water partition coefficient (Wildman–Crippen LogP) is -1.45. The van der Waals surface area contributed by atoms with Crippen LogP contribution in [0, 0.1) is 0 Å². The summed E-state index contributed by atoms with van der Waals surface area (Å²) in [6.45, 7) is 1.14. The molecule has 1 heterocycles. The summed E-state index contributed by atoms with van der Waals surface area (Å²) in [4.78, 5) is 0. The molecule has 1 rings (SSSR count). The minimum Gasteiger partial charge on any atom is -0.389 e. The zero-order chi connectivity index (χ0) is 6.85. The van der Waals surface area contributed by atoms with Gasteiger partial charge in [0.15, 0.2) is 0 Å². The van der Waals surface area contributed by atoms with Crippen LogP contribution in [0.4, 0.5) is 0 Å². The molecule has 1 fully saturated rings. The summed E-state index contributed by atoms with van der Waals surface area (Å²) < 4.78 is 4.92. The Labute approximate surface area is 54.2 Å². The molecule has 4 heteroatoms. The lowest BCUT2D eigenvalue weighted by molar-refractivity contribution is 0.0215. The average molecular weight is 132 g/mol. The van der Waals surface area contributed by atoms with Gasteiger partial charge in [-0.3, -0.25) is 5.84 Å². The molecule has 0 aliphatic carbocycles. The first-order valence-electron chi connectivity index (χ1n) is 2.94. The molecule has 0 bridgehead atoms. The van der Waals surface area contributed by atoms with Gasteiger partial charge in [-0.05, 0) is 0 Å². The number of rotatable bonds is 1. The van der Waals surface area contributed by atoms with Crippen LogP contribution in [0.3, 0.4) is 0 Å². The van der Waals surface area contributed by atoms with Gasteiger partial charge in [0.2, 0.25) is 0 Å². The van der Waals surface area contributed by atoms with E-state index >= 15 is 0 Å². The summed E-state index contributed by atoms with van der Waals surface area (Å²) in [5, 5.41) is 10.7. The highest BCUT2D eigenvalue weighted by atomic mass is 16.5. The Hall–Kier alpha value is -0.160. The number of nitrogens with two attached hydrogens (primary N) is 1. The zero-order valence-electron chi connectivity index (χ0n) is 5.45. The van der Waals surface area contributed by atoms with Crippen molar-refractivity contribution in [1.29, 1.82) is 0 Å². The van der Waals surface area contributed by atoms with Crippen molar-refractivity contribution in [1.82, 2.24) is 5.01 Å². The third-order valence-corrected chi connectivity index (χ3v) is 1.57. The predicted molar refractivity (Wildman–Crippen MR) is 32.6 cm³/mol. The lowest BCUT2D eigenvalue weighted by Gasteiger charge is -2.09. The lowest BCUT2D eigenvalue weighted by Crippen LogP contribution is -2.29. The van der Waals surface area contributed by atoms with E-state index in [1.54, 1.807) is 12.1 Å². The van der Waals surface area contributed by atoms with Gasteiger partial charge >= 0.3 is 0 Å². The van der Waals surface area contributed by atoms with E-state index in [1.165, 1.54) is 0 Å². The largest absolute Gasteiger partial charge is 0.389 e. The van der Waals surface area contributed by atoms with Crippen molar-refractivity contribution < 1.29 is 9.84 Å². The Morgan fingerprint density at radius 3 is 2.56 bits per heavy atom. The molecule has 0 aromatic rings. The minimum absolute atomic E-state index is 0.102. The fourth-order valence-electron chi connectivity index (χ4n) is 1.02. The van der Waals surface area contributed by atoms with E-state index in [0.717, 1.165) is 0 Å². The van der Waals surface area contributed by atoms with E-state index in [9.17, 15) is 0 Å². The van der Waals surface area contributed by atoms with E-state index in [-0.39, 0.29) is 6.10 Å². The fraction of sp³-hybridized carbons (Fsp3) is 1.00. The third kappa shape index (κ3) is 1.40. The minimum atomic E-state index is -0.417. The summed E-state index contributed by atoms with van der Waals surface area (Å²) in [7, 11) is 1.58. The van der Waals surface area contributed by atoms with Crippen molar-refractivity contribution in [3.05, 3.63) is 0 Å². The van der Waals surface area contributed by atoms with Crippen LogP contribution >= 0.6 is 0 Å². The van der Waals surface area contributed by atoms with Gasteiger partial charge < -0.3 is 9.84 Å². The highest BCUT2D eigenvalue weighted by molar-refractivity contribution is 4.80. The first-order chi connectivity index (χ1) is 4.24. The molecule has 9 heavy (non-hydrogen) atoms. The molecule has 4 nitrogen and oxygen atoms in total. The number of hydrogen-bond acceptors (Lipinski definition) is 4. The van der Waals surface area contributed by atoms with Gasteiger partial charge in [-0.1, -0.05) is 0 Å². The quantitative estimate of drug-likeness (QED) is 0.429. The third-order valence-electron chi connectivity index (χ3n) is 1.57. The normalized spacial score (nSPS) is 37.7. The second-order valence-corrected chi connectivity index (χ2v) is 2.30. The molecule has 1 aliphatic heterocycles. The SMILES string of the molecule is CO[C@H]1CN(N)C[C@H]1O. The first kappa shape index (κ1) is 6.95. The monoisotopic (exact) mass is 132 g/mol. The van der Waals surface area contributed by atoms with Gasteiger partial charge in [-0.25, -0.2) is 5.01 Å². The molecule has 1 aliphatic rings. The molecule has 0 aromatic carbocycles. The first-order valence-corrected chi connectivity index (χ1v) is 2.94. The Bertz CT molecular complexity index is 99.0. The van der Waals surface area contributed by atoms with Crippen molar-refractivity contribution in [3.63, 3.8) is 0 Å². The van der Waals surface area contributed by atoms with Gasteiger partial charge in [0.05, 0.1) is 12.2 Å². The number of β-amino-alcohol motifs (C(OH)–C–C–N with tert-alkyl or cyclic N) is 1. The van der Waals surface area contributed by atoms with Gasteiger partial charge in [0.25, 0.3) is 0 Å². The lowest BCUT2D eigenvalue weighted by atomic mass is 10.3. The summed E-state index contributed by atoms with van der Waals surface area (Å²) >= 11 is 0. The number of nitrogens with zero attached hydrogens (tertiary/aromatic N) is 1. The molecule has 0 radical (unpaired) electrons. The summed E-state index contributed by atoms with van der Waals surface area (Å²) in [6, 6.07) is 0. The highest BCUT2D eigenvalue weighted by Crippen LogP contribution is 2.07. The van der Waals surface area contributed by atoms with E-state index in [0.29, 0.717) is 13.1 Å². The molecule has 54 valence electrons. The van der Waals surface area contributed by atoms with Crippen molar-refractivity contribution in [3.8, 4) is 0 Å². The number of aliphatic hydroxyl groups excluding tert-OH is 1. The van der Waals surface area contributed by atoms with E-state index in [4.69, 9.17) is 15.7 Å². The van der Waals surface area contributed by atoms with Crippen molar-refractivity contribution in [2.75, 3.05) is 20.2 Å². The molecule has 3 N–H and O–H groups in total. The number of hydrazine groups is 1. The van der Waals surface area contributed by atoms with E-state index in [1.807, 2.05) is 0 Å². The van der Waals surface area contributed by atoms with Gasteiger partial charge in [0.1, 0.15) is 0 Å². The highest BCUT2D eigenvalue weighted by Gasteiger charge is 2.28. The summed E-state index contributed by atoms with van der Waals surface area (Å²) in [5.74, 6) is 5.38. The fourth-order valence-corrected chi connectivity index (χ4v) is 1.02. The number of ether oxygens (including phenoxy) is 1. The van der Waals surface area contributed by atoms with Crippen LogP contribution < -0.4 is 5.84 Å². The number of aliphatic hydroxyl groups is 1. The molecule has 1 saturated heterocycles. The van der Waals surface area contributed by atoms with Gasteiger partial charge in [-0.15, -0.1) is 0 Å². The number of hydrogen-bond donors (Lipinski definition) is 2. The molecule has 0 unspecified atom stereocenters. The smallest absolute Gasteiger partial charge is 0.0983 e. The Morgan fingerprint density at radius 1 is 1.67 bits per heavy atom. The molecule has 2 atom stereocenters. The second kappa shape index (κ2) is 2.62. The molecular formula is C5H12N2O2. The van der Waals surface area contributed by atoms with Crippen LogP contribution in [0.5, 0.6) is 0 Å². The van der Waals surface area contributed by atoms with Crippen LogP contribution in [-0.2, 0) is 4.74 Å². The topological polar surface area (TPSA) is 58.7 Å². The maximum atomic E-state index is 9.11. The van der Waals surface area contributed by atoms with E-state index < -0.39 is 6.10 Å². The van der Waals surface area contributed by atoms with Crippen LogP contribution in [0.25, 0.3) is 0 Å².